The fourth-order valence-electron chi connectivity index (χ4n) is 3.83. The standard InChI is InChI=1S/C25H30ClN3O3/c1-17(30)14-28(15-19-7-8-19)16-24-18(2)27-29(21-6-4-5-20(26)13-21)25(24)32-23-11-9-22(31-3)10-12-23/h4-6,9-13,17,19,30H,7-8,14-16H2,1-3H3/t17-/m0/s1. The Morgan fingerprint density at radius 2 is 1.91 bits per heavy atom. The highest BCUT2D eigenvalue weighted by atomic mass is 35.5. The van der Waals surface area contributed by atoms with Gasteiger partial charge in [0.15, 0.2) is 0 Å². The molecule has 4 rings (SSSR count). The van der Waals surface area contributed by atoms with Gasteiger partial charge in [0.1, 0.15) is 11.5 Å². The molecular weight excluding hydrogens is 426 g/mol. The van der Waals surface area contributed by atoms with Crippen molar-refractivity contribution in [2.24, 2.45) is 5.92 Å². The van der Waals surface area contributed by atoms with Crippen LogP contribution in [-0.2, 0) is 6.54 Å². The molecule has 0 saturated heterocycles. The van der Waals surface area contributed by atoms with Crippen LogP contribution in [0.4, 0.5) is 0 Å². The van der Waals surface area contributed by atoms with E-state index in [9.17, 15) is 5.11 Å². The fourth-order valence-corrected chi connectivity index (χ4v) is 4.01. The maximum atomic E-state index is 10.1. The Bertz CT molecular complexity index is 1040. The number of rotatable bonds is 10. The summed E-state index contributed by atoms with van der Waals surface area (Å²) in [6.45, 7) is 6.06. The molecule has 2 aromatic carbocycles. The SMILES string of the molecule is COc1ccc(Oc2c(CN(CC3CC3)C[C@H](C)O)c(C)nn2-c2cccc(Cl)c2)cc1. The van der Waals surface area contributed by atoms with Crippen molar-refractivity contribution in [3.8, 4) is 23.1 Å². The lowest BCUT2D eigenvalue weighted by atomic mass is 10.2. The van der Waals surface area contributed by atoms with Crippen molar-refractivity contribution in [1.29, 1.82) is 0 Å². The molecule has 1 aliphatic rings. The number of aryl methyl sites for hydroxylation is 1. The molecule has 1 aliphatic carbocycles. The van der Waals surface area contributed by atoms with Gasteiger partial charge >= 0.3 is 0 Å². The van der Waals surface area contributed by atoms with E-state index in [1.807, 2.05) is 62.4 Å². The normalized spacial score (nSPS) is 14.6. The summed E-state index contributed by atoms with van der Waals surface area (Å²) in [5.41, 5.74) is 2.72. The van der Waals surface area contributed by atoms with Gasteiger partial charge in [0.25, 0.3) is 0 Å². The van der Waals surface area contributed by atoms with Crippen LogP contribution in [0.5, 0.6) is 17.4 Å². The van der Waals surface area contributed by atoms with Gasteiger partial charge in [-0.05, 0) is 75.1 Å². The van der Waals surface area contributed by atoms with Crippen LogP contribution >= 0.6 is 11.6 Å². The minimum absolute atomic E-state index is 0.400. The summed E-state index contributed by atoms with van der Waals surface area (Å²) in [7, 11) is 1.64. The van der Waals surface area contributed by atoms with Gasteiger partial charge in [-0.1, -0.05) is 17.7 Å². The van der Waals surface area contributed by atoms with Crippen LogP contribution in [0.15, 0.2) is 48.5 Å². The molecule has 1 heterocycles. The molecule has 0 bridgehead atoms. The molecule has 32 heavy (non-hydrogen) atoms. The summed E-state index contributed by atoms with van der Waals surface area (Å²) < 4.78 is 13.5. The molecule has 0 spiro atoms. The summed E-state index contributed by atoms with van der Waals surface area (Å²) in [5, 5.41) is 15.5. The zero-order chi connectivity index (χ0) is 22.7. The highest BCUT2D eigenvalue weighted by molar-refractivity contribution is 6.30. The minimum Gasteiger partial charge on any atom is -0.497 e. The highest BCUT2D eigenvalue weighted by Gasteiger charge is 2.27. The number of aromatic nitrogens is 2. The van der Waals surface area contributed by atoms with Crippen molar-refractivity contribution in [3.05, 3.63) is 64.8 Å². The second-order valence-corrected chi connectivity index (χ2v) is 8.96. The van der Waals surface area contributed by atoms with Crippen LogP contribution in [0.25, 0.3) is 5.69 Å². The van der Waals surface area contributed by atoms with Gasteiger partial charge < -0.3 is 14.6 Å². The monoisotopic (exact) mass is 455 g/mol. The Balaban J connectivity index is 1.71. The number of benzene rings is 2. The number of aliphatic hydroxyl groups excluding tert-OH is 1. The maximum absolute atomic E-state index is 10.1. The van der Waals surface area contributed by atoms with E-state index in [1.165, 1.54) is 12.8 Å². The second-order valence-electron chi connectivity index (χ2n) is 8.52. The summed E-state index contributed by atoms with van der Waals surface area (Å²) >= 11 is 6.26. The third-order valence-electron chi connectivity index (χ3n) is 5.58. The van der Waals surface area contributed by atoms with E-state index >= 15 is 0 Å². The molecule has 1 fully saturated rings. The van der Waals surface area contributed by atoms with E-state index in [2.05, 4.69) is 4.90 Å². The van der Waals surface area contributed by atoms with Gasteiger partial charge in [-0.15, -0.1) is 0 Å². The van der Waals surface area contributed by atoms with Crippen LogP contribution in [0, 0.1) is 12.8 Å². The van der Waals surface area contributed by atoms with E-state index in [0.717, 1.165) is 29.2 Å². The first-order valence-electron chi connectivity index (χ1n) is 11.0. The lowest BCUT2D eigenvalue weighted by Crippen LogP contribution is -2.32. The summed E-state index contributed by atoms with van der Waals surface area (Å²) in [6.07, 6.45) is 2.11. The number of aliphatic hydroxyl groups is 1. The first kappa shape index (κ1) is 22.6. The predicted molar refractivity (Wildman–Crippen MR) is 126 cm³/mol. The number of halogens is 1. The third-order valence-corrected chi connectivity index (χ3v) is 5.82. The van der Waals surface area contributed by atoms with Gasteiger partial charge in [0.05, 0.1) is 30.2 Å². The zero-order valence-corrected chi connectivity index (χ0v) is 19.5. The van der Waals surface area contributed by atoms with Crippen molar-refractivity contribution in [2.45, 2.75) is 39.3 Å². The molecule has 1 N–H and O–H groups in total. The van der Waals surface area contributed by atoms with Crippen molar-refractivity contribution < 1.29 is 14.6 Å². The Morgan fingerprint density at radius 3 is 2.53 bits per heavy atom. The predicted octanol–water partition coefficient (Wildman–Crippen LogP) is 5.23. The quantitative estimate of drug-likeness (QED) is 0.453. The molecule has 6 nitrogen and oxygen atoms in total. The van der Waals surface area contributed by atoms with E-state index in [1.54, 1.807) is 11.8 Å². The van der Waals surface area contributed by atoms with Crippen molar-refractivity contribution in [1.82, 2.24) is 14.7 Å². The Labute approximate surface area is 194 Å². The van der Waals surface area contributed by atoms with E-state index < -0.39 is 6.10 Å². The first-order chi connectivity index (χ1) is 15.4. The number of hydrogen-bond donors (Lipinski definition) is 1. The highest BCUT2D eigenvalue weighted by Crippen LogP contribution is 2.35. The lowest BCUT2D eigenvalue weighted by molar-refractivity contribution is 0.118. The molecular formula is C25H30ClN3O3. The summed E-state index contributed by atoms with van der Waals surface area (Å²) in [5.74, 6) is 2.83. The minimum atomic E-state index is -0.400. The summed E-state index contributed by atoms with van der Waals surface area (Å²) in [6, 6.07) is 15.1. The number of hydrogen-bond acceptors (Lipinski definition) is 5. The van der Waals surface area contributed by atoms with E-state index in [4.69, 9.17) is 26.2 Å². The molecule has 0 amide bonds. The number of ether oxygens (including phenoxy) is 2. The molecule has 0 aliphatic heterocycles. The van der Waals surface area contributed by atoms with Crippen LogP contribution in [0.3, 0.4) is 0 Å². The molecule has 7 heteroatoms. The van der Waals surface area contributed by atoms with Crippen LogP contribution in [0.2, 0.25) is 5.02 Å². The molecule has 3 aromatic rings. The van der Waals surface area contributed by atoms with E-state index in [0.29, 0.717) is 35.7 Å². The van der Waals surface area contributed by atoms with Crippen molar-refractivity contribution in [3.63, 3.8) is 0 Å². The van der Waals surface area contributed by atoms with Crippen molar-refractivity contribution in [2.75, 3.05) is 20.2 Å². The van der Waals surface area contributed by atoms with Gasteiger partial charge in [-0.2, -0.15) is 5.10 Å². The Kier molecular flexibility index (Phi) is 7.04. The smallest absolute Gasteiger partial charge is 0.227 e. The van der Waals surface area contributed by atoms with Gasteiger partial charge in [-0.3, -0.25) is 4.90 Å². The average molecular weight is 456 g/mol. The van der Waals surface area contributed by atoms with Crippen LogP contribution in [-0.4, -0.2) is 46.1 Å². The Morgan fingerprint density at radius 1 is 1.19 bits per heavy atom. The number of nitrogens with zero attached hydrogens (tertiary/aromatic N) is 3. The fraction of sp³-hybridized carbons (Fsp3) is 0.400. The molecule has 170 valence electrons. The van der Waals surface area contributed by atoms with E-state index in [-0.39, 0.29) is 0 Å². The van der Waals surface area contributed by atoms with Crippen LogP contribution in [0.1, 0.15) is 31.0 Å². The molecule has 1 atom stereocenters. The topological polar surface area (TPSA) is 59.8 Å². The number of methoxy groups -OCH3 is 1. The zero-order valence-electron chi connectivity index (χ0n) is 18.8. The van der Waals surface area contributed by atoms with Crippen LogP contribution < -0.4 is 9.47 Å². The molecule has 0 unspecified atom stereocenters. The lowest BCUT2D eigenvalue weighted by Gasteiger charge is -2.24. The molecule has 1 aromatic heterocycles. The summed E-state index contributed by atoms with van der Waals surface area (Å²) in [4.78, 5) is 2.30. The Hall–Kier alpha value is -2.54. The maximum Gasteiger partial charge on any atom is 0.227 e. The largest absolute Gasteiger partial charge is 0.497 e. The molecule has 0 radical (unpaired) electrons. The van der Waals surface area contributed by atoms with Crippen molar-refractivity contribution >= 4 is 11.6 Å². The molecule has 1 saturated carbocycles. The first-order valence-corrected chi connectivity index (χ1v) is 11.4. The van der Waals surface area contributed by atoms with Gasteiger partial charge in [0, 0.05) is 24.7 Å². The third kappa shape index (κ3) is 5.63. The van der Waals surface area contributed by atoms with Gasteiger partial charge in [0.2, 0.25) is 5.88 Å². The average Bonchev–Trinajstić information content (AvgIpc) is 3.53. The van der Waals surface area contributed by atoms with Gasteiger partial charge in [-0.25, -0.2) is 4.68 Å². The second kappa shape index (κ2) is 9.94.